The molecule has 0 saturated carbocycles. The Hall–Kier alpha value is -1.19. The molecule has 0 saturated heterocycles. The molecule has 0 radical (unpaired) electrons. The Labute approximate surface area is 110 Å². The zero-order valence-electron chi connectivity index (χ0n) is 9.73. The Kier molecular flexibility index (Phi) is 3.92. The van der Waals surface area contributed by atoms with Gasteiger partial charge in [-0.25, -0.2) is 0 Å². The van der Waals surface area contributed by atoms with Gasteiger partial charge in [0.2, 0.25) is 0 Å². The van der Waals surface area contributed by atoms with Gasteiger partial charge in [-0.1, -0.05) is 28.1 Å². The van der Waals surface area contributed by atoms with Crippen molar-refractivity contribution in [1.82, 2.24) is 4.98 Å². The molecule has 2 rings (SSSR count). The molecule has 88 valence electrons. The summed E-state index contributed by atoms with van der Waals surface area (Å²) in [6.07, 6.45) is 2.56. The van der Waals surface area contributed by atoms with Crippen molar-refractivity contribution in [1.29, 1.82) is 0 Å². The molecule has 0 amide bonds. The first kappa shape index (κ1) is 12.3. The van der Waals surface area contributed by atoms with Crippen molar-refractivity contribution in [2.24, 2.45) is 5.73 Å². The Morgan fingerprint density at radius 3 is 2.82 bits per heavy atom. The van der Waals surface area contributed by atoms with Crippen LogP contribution < -0.4 is 5.73 Å². The molecule has 1 aromatic carbocycles. The van der Waals surface area contributed by atoms with Gasteiger partial charge in [-0.05, 0) is 42.3 Å². The van der Waals surface area contributed by atoms with Crippen LogP contribution in [-0.2, 0) is 6.42 Å². The summed E-state index contributed by atoms with van der Waals surface area (Å²) >= 11 is 3.48. The molecule has 1 aromatic heterocycles. The van der Waals surface area contributed by atoms with Gasteiger partial charge in [0.1, 0.15) is 0 Å². The highest BCUT2D eigenvalue weighted by atomic mass is 79.9. The minimum Gasteiger partial charge on any atom is -0.324 e. The van der Waals surface area contributed by atoms with Gasteiger partial charge >= 0.3 is 0 Å². The van der Waals surface area contributed by atoms with Gasteiger partial charge in [-0.15, -0.1) is 0 Å². The molecule has 0 spiro atoms. The molecule has 2 aromatic rings. The van der Waals surface area contributed by atoms with Gasteiger partial charge in [-0.2, -0.15) is 0 Å². The number of hydrogen-bond donors (Lipinski definition) is 1. The van der Waals surface area contributed by atoms with E-state index >= 15 is 0 Å². The number of benzene rings is 1. The Balaban J connectivity index is 2.20. The van der Waals surface area contributed by atoms with Gasteiger partial charge in [-0.3, -0.25) is 4.98 Å². The highest BCUT2D eigenvalue weighted by molar-refractivity contribution is 9.10. The van der Waals surface area contributed by atoms with Crippen LogP contribution in [0.3, 0.4) is 0 Å². The van der Waals surface area contributed by atoms with E-state index in [-0.39, 0.29) is 6.04 Å². The smallest absolute Gasteiger partial charge is 0.0422 e. The van der Waals surface area contributed by atoms with Crippen molar-refractivity contribution in [3.63, 3.8) is 0 Å². The average Bonchev–Trinajstić information content (AvgIpc) is 2.33. The molecule has 0 aliphatic heterocycles. The molecule has 1 atom stereocenters. The molecular weight excluding hydrogens is 276 g/mol. The summed E-state index contributed by atoms with van der Waals surface area (Å²) in [6.45, 7) is 2.08. The molecule has 2 N–H and O–H groups in total. The Morgan fingerprint density at radius 1 is 1.29 bits per heavy atom. The summed E-state index contributed by atoms with van der Waals surface area (Å²) in [5.74, 6) is 0. The van der Waals surface area contributed by atoms with Crippen LogP contribution in [0.1, 0.15) is 22.9 Å². The number of nitrogens with zero attached hydrogens (tertiary/aromatic N) is 1. The number of hydrogen-bond acceptors (Lipinski definition) is 2. The summed E-state index contributed by atoms with van der Waals surface area (Å²) in [5, 5.41) is 0. The molecule has 1 unspecified atom stereocenters. The second-order valence-electron chi connectivity index (χ2n) is 4.13. The van der Waals surface area contributed by atoms with Crippen LogP contribution in [0.25, 0.3) is 0 Å². The molecule has 2 nitrogen and oxygen atoms in total. The van der Waals surface area contributed by atoms with Gasteiger partial charge in [0.05, 0.1) is 0 Å². The fraction of sp³-hybridized carbons (Fsp3) is 0.214. The molecule has 1 heterocycles. The highest BCUT2D eigenvalue weighted by Gasteiger charge is 2.10. The zero-order chi connectivity index (χ0) is 12.3. The van der Waals surface area contributed by atoms with E-state index in [9.17, 15) is 0 Å². The second-order valence-corrected chi connectivity index (χ2v) is 5.05. The summed E-state index contributed by atoms with van der Waals surface area (Å²) in [5.41, 5.74) is 9.65. The zero-order valence-corrected chi connectivity index (χ0v) is 11.3. The van der Waals surface area contributed by atoms with Crippen LogP contribution in [0, 0.1) is 6.92 Å². The Morgan fingerprint density at radius 2 is 2.12 bits per heavy atom. The quantitative estimate of drug-likeness (QED) is 0.941. The van der Waals surface area contributed by atoms with Crippen LogP contribution in [0.2, 0.25) is 0 Å². The van der Waals surface area contributed by atoms with Crippen LogP contribution in [0.4, 0.5) is 0 Å². The number of nitrogens with two attached hydrogens (primary N) is 1. The van der Waals surface area contributed by atoms with E-state index in [1.54, 1.807) is 6.20 Å². The van der Waals surface area contributed by atoms with E-state index in [2.05, 4.69) is 40.0 Å². The average molecular weight is 291 g/mol. The largest absolute Gasteiger partial charge is 0.324 e. The van der Waals surface area contributed by atoms with Gasteiger partial charge in [0.25, 0.3) is 0 Å². The van der Waals surface area contributed by atoms with Crippen molar-refractivity contribution in [2.45, 2.75) is 19.4 Å². The second kappa shape index (κ2) is 5.43. The van der Waals surface area contributed by atoms with Gasteiger partial charge < -0.3 is 5.73 Å². The van der Waals surface area contributed by atoms with E-state index < -0.39 is 0 Å². The molecule has 0 aliphatic carbocycles. The third kappa shape index (κ3) is 3.14. The van der Waals surface area contributed by atoms with E-state index in [0.29, 0.717) is 0 Å². The normalized spacial score (nSPS) is 12.4. The van der Waals surface area contributed by atoms with E-state index in [1.807, 2.05) is 24.3 Å². The SMILES string of the molecule is Cc1ccc(Br)cc1C(N)Cc1ccccn1. The molecule has 17 heavy (non-hydrogen) atoms. The third-order valence-electron chi connectivity index (χ3n) is 2.80. The lowest BCUT2D eigenvalue weighted by Gasteiger charge is -2.14. The standard InChI is InChI=1S/C14H15BrN2/c1-10-5-6-11(15)8-13(10)14(16)9-12-4-2-3-7-17-12/h2-8,14H,9,16H2,1H3. The molecule has 0 aliphatic rings. The van der Waals surface area contributed by atoms with Crippen molar-refractivity contribution >= 4 is 15.9 Å². The van der Waals surface area contributed by atoms with Crippen molar-refractivity contribution in [2.75, 3.05) is 0 Å². The van der Waals surface area contributed by atoms with E-state index in [0.717, 1.165) is 16.6 Å². The first-order valence-corrected chi connectivity index (χ1v) is 6.37. The Bertz CT molecular complexity index is 497. The predicted octanol–water partition coefficient (Wildman–Crippen LogP) is 3.40. The summed E-state index contributed by atoms with van der Waals surface area (Å²) in [7, 11) is 0. The van der Waals surface area contributed by atoms with Crippen molar-refractivity contribution < 1.29 is 0 Å². The first-order chi connectivity index (χ1) is 8.16. The third-order valence-corrected chi connectivity index (χ3v) is 3.29. The first-order valence-electron chi connectivity index (χ1n) is 5.58. The fourth-order valence-electron chi connectivity index (χ4n) is 1.86. The summed E-state index contributed by atoms with van der Waals surface area (Å²) in [6, 6.07) is 12.1. The van der Waals surface area contributed by atoms with Crippen LogP contribution >= 0.6 is 15.9 Å². The van der Waals surface area contributed by atoms with Crippen LogP contribution in [-0.4, -0.2) is 4.98 Å². The molecular formula is C14H15BrN2. The lowest BCUT2D eigenvalue weighted by Crippen LogP contribution is -2.15. The maximum Gasteiger partial charge on any atom is 0.0422 e. The lowest BCUT2D eigenvalue weighted by molar-refractivity contribution is 0.701. The fourth-order valence-corrected chi connectivity index (χ4v) is 2.24. The maximum atomic E-state index is 6.24. The summed E-state index contributed by atoms with van der Waals surface area (Å²) in [4.78, 5) is 4.30. The number of aromatic nitrogens is 1. The van der Waals surface area contributed by atoms with Crippen molar-refractivity contribution in [3.8, 4) is 0 Å². The topological polar surface area (TPSA) is 38.9 Å². The lowest BCUT2D eigenvalue weighted by atomic mass is 9.98. The maximum absolute atomic E-state index is 6.24. The van der Waals surface area contributed by atoms with Gasteiger partial charge in [0, 0.05) is 28.8 Å². The summed E-state index contributed by atoms with van der Waals surface area (Å²) < 4.78 is 1.06. The highest BCUT2D eigenvalue weighted by Crippen LogP contribution is 2.22. The van der Waals surface area contributed by atoms with Gasteiger partial charge in [0.15, 0.2) is 0 Å². The predicted molar refractivity (Wildman–Crippen MR) is 73.7 cm³/mol. The van der Waals surface area contributed by atoms with Crippen LogP contribution in [0.15, 0.2) is 47.1 Å². The minimum atomic E-state index is -0.0117. The number of rotatable bonds is 3. The number of aryl methyl sites for hydroxylation is 1. The number of halogens is 1. The van der Waals surface area contributed by atoms with E-state index in [1.165, 1.54) is 11.1 Å². The monoisotopic (exact) mass is 290 g/mol. The number of pyridine rings is 1. The molecule has 3 heteroatoms. The minimum absolute atomic E-state index is 0.0117. The molecule has 0 fully saturated rings. The van der Waals surface area contributed by atoms with Crippen molar-refractivity contribution in [3.05, 3.63) is 63.9 Å². The van der Waals surface area contributed by atoms with E-state index in [4.69, 9.17) is 5.73 Å². The molecule has 0 bridgehead atoms. The van der Waals surface area contributed by atoms with Crippen LogP contribution in [0.5, 0.6) is 0 Å².